The van der Waals surface area contributed by atoms with E-state index in [0.29, 0.717) is 0 Å². The average Bonchev–Trinajstić information content (AvgIpc) is 3.92. The molecule has 0 amide bonds. The lowest BCUT2D eigenvalue weighted by Gasteiger charge is -2.12. The van der Waals surface area contributed by atoms with E-state index in [1.54, 1.807) is 0 Å². The molecule has 0 atom stereocenters. The third kappa shape index (κ3) is 4.79. The molecule has 9 aromatic carbocycles. The molecule has 0 N–H and O–H groups in total. The summed E-state index contributed by atoms with van der Waals surface area (Å²) in [6.45, 7) is 0. The fourth-order valence-electron chi connectivity index (χ4n) is 9.34. The van der Waals surface area contributed by atoms with Gasteiger partial charge in [-0.15, -0.1) is 0 Å². The Bertz CT molecular complexity index is 3510. The molecule has 0 radical (unpaired) electrons. The van der Waals surface area contributed by atoms with Gasteiger partial charge in [0.25, 0.3) is 0 Å². The molecule has 0 fully saturated rings. The van der Waals surface area contributed by atoms with E-state index in [0.717, 1.165) is 17.1 Å². The van der Waals surface area contributed by atoms with Gasteiger partial charge in [0, 0.05) is 49.4 Å². The number of benzene rings is 9. The van der Waals surface area contributed by atoms with E-state index in [9.17, 15) is 0 Å². The number of nitrogens with zero attached hydrogens (tertiary/aromatic N) is 3. The van der Waals surface area contributed by atoms with Gasteiger partial charge in [-0.3, -0.25) is 0 Å². The molecule has 57 heavy (non-hydrogen) atoms. The Morgan fingerprint density at radius 1 is 0.228 bits per heavy atom. The summed E-state index contributed by atoms with van der Waals surface area (Å²) in [5.74, 6) is 0. The average molecular weight is 726 g/mol. The number of hydrogen-bond donors (Lipinski definition) is 0. The lowest BCUT2D eigenvalue weighted by molar-refractivity contribution is 1.17. The highest BCUT2D eigenvalue weighted by Gasteiger charge is 2.21. The maximum atomic E-state index is 2.45. The van der Waals surface area contributed by atoms with Gasteiger partial charge in [-0.05, 0) is 95.1 Å². The summed E-state index contributed by atoms with van der Waals surface area (Å²) in [6, 6.07) is 77.3. The topological polar surface area (TPSA) is 14.8 Å². The van der Waals surface area contributed by atoms with Crippen LogP contribution in [0.1, 0.15) is 0 Å². The number of rotatable bonds is 5. The van der Waals surface area contributed by atoms with Crippen molar-refractivity contribution in [3.63, 3.8) is 0 Å². The molecule has 0 saturated heterocycles. The van der Waals surface area contributed by atoms with Gasteiger partial charge in [-0.1, -0.05) is 140 Å². The zero-order valence-electron chi connectivity index (χ0n) is 31.0. The first-order chi connectivity index (χ1) is 28.3. The lowest BCUT2D eigenvalue weighted by Crippen LogP contribution is -1.96. The van der Waals surface area contributed by atoms with Gasteiger partial charge in [0.05, 0.1) is 33.1 Å². The predicted molar refractivity (Wildman–Crippen MR) is 240 cm³/mol. The van der Waals surface area contributed by atoms with Gasteiger partial charge >= 0.3 is 0 Å². The summed E-state index contributed by atoms with van der Waals surface area (Å²) < 4.78 is 7.30. The molecular formula is C54H35N3. The maximum Gasteiger partial charge on any atom is 0.0641 e. The maximum absolute atomic E-state index is 2.45. The normalized spacial score (nSPS) is 11.9. The zero-order valence-corrected chi connectivity index (χ0v) is 31.0. The standard InChI is InChI=1S/C54H35N3/c1-3-15-36(16-4-1)37-17-13-21-41(33-37)55-48-26-10-8-24-44(48)47-35-39(29-31-51(47)55)38-18-14-22-42(34-38)56-50-28-12-9-25-46(50)53-52(56)32-30-45-43-23-7-11-27-49(43)57(54(45)53)40-19-5-2-6-20-40/h1-35H. The minimum Gasteiger partial charge on any atom is -0.309 e. The molecule has 3 aromatic heterocycles. The molecular weight excluding hydrogens is 691 g/mol. The second-order valence-corrected chi connectivity index (χ2v) is 14.9. The van der Waals surface area contributed by atoms with Crippen LogP contribution in [0, 0.1) is 0 Å². The number of aromatic nitrogens is 3. The monoisotopic (exact) mass is 725 g/mol. The van der Waals surface area contributed by atoms with E-state index >= 15 is 0 Å². The lowest BCUT2D eigenvalue weighted by atomic mass is 10.0. The van der Waals surface area contributed by atoms with Crippen molar-refractivity contribution in [1.29, 1.82) is 0 Å². The minimum atomic E-state index is 1.14. The van der Waals surface area contributed by atoms with Crippen molar-refractivity contribution in [2.45, 2.75) is 0 Å². The molecule has 0 spiro atoms. The SMILES string of the molecule is c1ccc(-c2cccc(-n3c4ccccc4c4cc(-c5cccc(-n6c7ccccc7c7c6ccc6c8ccccc8n(-c8ccccc8)c67)c5)ccc43)c2)cc1. The quantitative estimate of drug-likeness (QED) is 0.168. The molecule has 3 heteroatoms. The van der Waals surface area contributed by atoms with E-state index in [1.807, 2.05) is 0 Å². The highest BCUT2D eigenvalue weighted by molar-refractivity contribution is 6.26. The van der Waals surface area contributed by atoms with Crippen LogP contribution in [0.2, 0.25) is 0 Å². The molecule has 266 valence electrons. The molecule has 0 aliphatic rings. The fraction of sp³-hybridized carbons (Fsp3) is 0. The Morgan fingerprint density at radius 3 is 1.39 bits per heavy atom. The molecule has 3 heterocycles. The highest BCUT2D eigenvalue weighted by Crippen LogP contribution is 2.43. The van der Waals surface area contributed by atoms with Crippen LogP contribution in [-0.4, -0.2) is 13.7 Å². The van der Waals surface area contributed by atoms with Gasteiger partial charge in [0.1, 0.15) is 0 Å². The molecule has 12 rings (SSSR count). The Kier molecular flexibility index (Phi) is 6.93. The van der Waals surface area contributed by atoms with Crippen molar-refractivity contribution in [2.75, 3.05) is 0 Å². The summed E-state index contributed by atoms with van der Waals surface area (Å²) in [5, 5.41) is 7.52. The summed E-state index contributed by atoms with van der Waals surface area (Å²) in [4.78, 5) is 0. The van der Waals surface area contributed by atoms with Crippen molar-refractivity contribution < 1.29 is 0 Å². The summed E-state index contributed by atoms with van der Waals surface area (Å²) in [6.07, 6.45) is 0. The Hall–Kier alpha value is -7.62. The second kappa shape index (κ2) is 12.5. The zero-order chi connectivity index (χ0) is 37.5. The van der Waals surface area contributed by atoms with Gasteiger partial charge in [-0.25, -0.2) is 0 Å². The minimum absolute atomic E-state index is 1.14. The molecule has 0 saturated carbocycles. The number of para-hydroxylation sites is 4. The van der Waals surface area contributed by atoms with Crippen LogP contribution in [-0.2, 0) is 0 Å². The largest absolute Gasteiger partial charge is 0.309 e. The van der Waals surface area contributed by atoms with Crippen LogP contribution in [0.25, 0.3) is 105 Å². The molecule has 0 bridgehead atoms. The van der Waals surface area contributed by atoms with Gasteiger partial charge < -0.3 is 13.7 Å². The molecule has 0 aliphatic carbocycles. The van der Waals surface area contributed by atoms with E-state index in [2.05, 4.69) is 226 Å². The summed E-state index contributed by atoms with van der Waals surface area (Å²) in [7, 11) is 0. The van der Waals surface area contributed by atoms with Crippen molar-refractivity contribution >= 4 is 65.4 Å². The first kappa shape index (κ1) is 31.7. The molecule has 12 aromatic rings. The van der Waals surface area contributed by atoms with Crippen LogP contribution < -0.4 is 0 Å². The van der Waals surface area contributed by atoms with Crippen LogP contribution in [0.15, 0.2) is 212 Å². The fourth-order valence-corrected chi connectivity index (χ4v) is 9.34. The Balaban J connectivity index is 1.05. The summed E-state index contributed by atoms with van der Waals surface area (Å²) >= 11 is 0. The smallest absolute Gasteiger partial charge is 0.0641 e. The highest BCUT2D eigenvalue weighted by atomic mass is 15.0. The van der Waals surface area contributed by atoms with Gasteiger partial charge in [0.15, 0.2) is 0 Å². The first-order valence-corrected chi connectivity index (χ1v) is 19.6. The Morgan fingerprint density at radius 2 is 0.684 bits per heavy atom. The van der Waals surface area contributed by atoms with E-state index in [1.165, 1.54) is 87.7 Å². The van der Waals surface area contributed by atoms with Crippen LogP contribution in [0.5, 0.6) is 0 Å². The van der Waals surface area contributed by atoms with Crippen molar-refractivity contribution in [3.05, 3.63) is 212 Å². The third-order valence-electron chi connectivity index (χ3n) is 11.8. The van der Waals surface area contributed by atoms with Crippen LogP contribution in [0.4, 0.5) is 0 Å². The molecule has 3 nitrogen and oxygen atoms in total. The van der Waals surface area contributed by atoms with Crippen LogP contribution >= 0.6 is 0 Å². The van der Waals surface area contributed by atoms with Crippen molar-refractivity contribution in [1.82, 2.24) is 13.7 Å². The first-order valence-electron chi connectivity index (χ1n) is 19.6. The number of fused-ring (bicyclic) bond motifs is 10. The van der Waals surface area contributed by atoms with Crippen LogP contribution in [0.3, 0.4) is 0 Å². The Labute approximate surface area is 329 Å². The van der Waals surface area contributed by atoms with E-state index < -0.39 is 0 Å². The summed E-state index contributed by atoms with van der Waals surface area (Å²) in [5.41, 5.74) is 15.5. The van der Waals surface area contributed by atoms with E-state index in [-0.39, 0.29) is 0 Å². The van der Waals surface area contributed by atoms with Crippen molar-refractivity contribution in [2.24, 2.45) is 0 Å². The number of hydrogen-bond acceptors (Lipinski definition) is 0. The van der Waals surface area contributed by atoms with Crippen molar-refractivity contribution in [3.8, 4) is 39.3 Å². The third-order valence-corrected chi connectivity index (χ3v) is 11.8. The van der Waals surface area contributed by atoms with Gasteiger partial charge in [-0.2, -0.15) is 0 Å². The second-order valence-electron chi connectivity index (χ2n) is 14.9. The van der Waals surface area contributed by atoms with E-state index in [4.69, 9.17) is 0 Å². The molecule has 0 unspecified atom stereocenters. The molecule has 0 aliphatic heterocycles. The predicted octanol–water partition coefficient (Wildman–Crippen LogP) is 14.3. The van der Waals surface area contributed by atoms with Gasteiger partial charge in [0.2, 0.25) is 0 Å².